The molecule has 0 unspecified atom stereocenters. The minimum absolute atomic E-state index is 0.527. The predicted molar refractivity (Wildman–Crippen MR) is 74.8 cm³/mol. The van der Waals surface area contributed by atoms with Crippen LogP contribution in [-0.4, -0.2) is 0 Å². The summed E-state index contributed by atoms with van der Waals surface area (Å²) in [5, 5.41) is 9.07. The minimum atomic E-state index is 0.527. The smallest absolute Gasteiger partial charge is 0.146 e. The zero-order valence-electron chi connectivity index (χ0n) is 10.2. The molecule has 0 aliphatic carbocycles. The molecule has 0 aromatic heterocycles. The van der Waals surface area contributed by atoms with Gasteiger partial charge in [-0.2, -0.15) is 5.26 Å². The van der Waals surface area contributed by atoms with Gasteiger partial charge in [0.15, 0.2) is 0 Å². The summed E-state index contributed by atoms with van der Waals surface area (Å²) in [4.78, 5) is 0. The summed E-state index contributed by atoms with van der Waals surface area (Å²) in [7, 11) is 0. The fraction of sp³-hybridized carbons (Fsp3) is 0.133. The van der Waals surface area contributed by atoms with Crippen LogP contribution >= 0.6 is 15.9 Å². The molecule has 3 heteroatoms. The van der Waals surface area contributed by atoms with Crippen LogP contribution in [0.5, 0.6) is 11.5 Å². The number of aryl methyl sites for hydroxylation is 1. The number of halogens is 1. The maximum Gasteiger partial charge on any atom is 0.146 e. The highest BCUT2D eigenvalue weighted by Gasteiger charge is 2.08. The van der Waals surface area contributed by atoms with E-state index in [9.17, 15) is 0 Å². The highest BCUT2D eigenvalue weighted by molar-refractivity contribution is 9.10. The molecule has 0 heterocycles. The maximum atomic E-state index is 9.07. The van der Waals surface area contributed by atoms with Gasteiger partial charge in [-0.25, -0.2) is 0 Å². The number of hydrogen-bond acceptors (Lipinski definition) is 2. The second kappa shape index (κ2) is 5.24. The molecule has 90 valence electrons. The van der Waals surface area contributed by atoms with Crippen molar-refractivity contribution in [3.05, 3.63) is 57.6 Å². The standard InChI is InChI=1S/C15H12BrNO/c1-10-4-3-5-14(11(10)2)18-15-8-13(16)7-6-12(15)9-17/h3-8H,1-2H3. The van der Waals surface area contributed by atoms with E-state index in [0.717, 1.165) is 15.8 Å². The van der Waals surface area contributed by atoms with Crippen LogP contribution in [0.2, 0.25) is 0 Å². The summed E-state index contributed by atoms with van der Waals surface area (Å²) in [6.07, 6.45) is 0. The first-order chi connectivity index (χ1) is 8.61. The van der Waals surface area contributed by atoms with Crippen molar-refractivity contribution in [1.82, 2.24) is 0 Å². The quantitative estimate of drug-likeness (QED) is 0.803. The van der Waals surface area contributed by atoms with E-state index in [0.29, 0.717) is 11.3 Å². The van der Waals surface area contributed by atoms with Gasteiger partial charge in [0.05, 0.1) is 5.56 Å². The third-order valence-corrected chi connectivity index (χ3v) is 3.33. The number of benzene rings is 2. The second-order valence-corrected chi connectivity index (χ2v) is 4.97. The van der Waals surface area contributed by atoms with Crippen molar-refractivity contribution < 1.29 is 4.74 Å². The Labute approximate surface area is 115 Å². The van der Waals surface area contributed by atoms with Crippen LogP contribution in [0.3, 0.4) is 0 Å². The minimum Gasteiger partial charge on any atom is -0.456 e. The fourth-order valence-electron chi connectivity index (χ4n) is 1.63. The Kier molecular flexibility index (Phi) is 3.69. The summed E-state index contributed by atoms with van der Waals surface area (Å²) in [5.74, 6) is 1.35. The van der Waals surface area contributed by atoms with Gasteiger partial charge in [0.2, 0.25) is 0 Å². The lowest BCUT2D eigenvalue weighted by Crippen LogP contribution is -1.92. The molecule has 0 radical (unpaired) electrons. The maximum absolute atomic E-state index is 9.07. The van der Waals surface area contributed by atoms with Gasteiger partial charge in [-0.1, -0.05) is 28.1 Å². The monoisotopic (exact) mass is 301 g/mol. The molecule has 0 spiro atoms. The molecular weight excluding hydrogens is 290 g/mol. The number of nitriles is 1. The van der Waals surface area contributed by atoms with Crippen molar-refractivity contribution in [3.63, 3.8) is 0 Å². The Hall–Kier alpha value is -1.79. The summed E-state index contributed by atoms with van der Waals surface area (Å²) >= 11 is 3.38. The van der Waals surface area contributed by atoms with E-state index in [2.05, 4.69) is 22.0 Å². The number of ether oxygens (including phenoxy) is 1. The predicted octanol–water partition coefficient (Wildman–Crippen LogP) is 4.73. The number of rotatable bonds is 2. The Morgan fingerprint density at radius 2 is 1.89 bits per heavy atom. The lowest BCUT2D eigenvalue weighted by molar-refractivity contribution is 0.476. The van der Waals surface area contributed by atoms with Crippen molar-refractivity contribution in [2.75, 3.05) is 0 Å². The molecule has 0 amide bonds. The molecule has 2 nitrogen and oxygen atoms in total. The van der Waals surface area contributed by atoms with Crippen molar-refractivity contribution in [1.29, 1.82) is 5.26 Å². The molecule has 0 fully saturated rings. The lowest BCUT2D eigenvalue weighted by atomic mass is 10.1. The van der Waals surface area contributed by atoms with Crippen molar-refractivity contribution >= 4 is 15.9 Å². The molecule has 2 aromatic rings. The molecule has 0 bridgehead atoms. The zero-order valence-corrected chi connectivity index (χ0v) is 11.8. The molecule has 0 aliphatic rings. The molecule has 18 heavy (non-hydrogen) atoms. The van der Waals surface area contributed by atoms with Gasteiger partial charge < -0.3 is 4.74 Å². The van der Waals surface area contributed by atoms with E-state index in [4.69, 9.17) is 10.00 Å². The SMILES string of the molecule is Cc1cccc(Oc2cc(Br)ccc2C#N)c1C. The van der Waals surface area contributed by atoms with Crippen LogP contribution in [0.15, 0.2) is 40.9 Å². The van der Waals surface area contributed by atoms with Gasteiger partial charge in [0.25, 0.3) is 0 Å². The first kappa shape index (κ1) is 12.7. The van der Waals surface area contributed by atoms with Crippen molar-refractivity contribution in [2.45, 2.75) is 13.8 Å². The van der Waals surface area contributed by atoms with E-state index >= 15 is 0 Å². The van der Waals surface area contributed by atoms with Crippen LogP contribution in [0.25, 0.3) is 0 Å². The normalized spacial score (nSPS) is 9.89. The van der Waals surface area contributed by atoms with Gasteiger partial charge in [0, 0.05) is 4.47 Å². The van der Waals surface area contributed by atoms with E-state index in [1.165, 1.54) is 5.56 Å². The van der Waals surface area contributed by atoms with Crippen molar-refractivity contribution in [3.8, 4) is 17.6 Å². The van der Waals surface area contributed by atoms with E-state index < -0.39 is 0 Å². The van der Waals surface area contributed by atoms with E-state index in [1.807, 2.05) is 38.1 Å². The second-order valence-electron chi connectivity index (χ2n) is 4.05. The topological polar surface area (TPSA) is 33.0 Å². The third kappa shape index (κ3) is 2.55. The molecule has 0 saturated heterocycles. The van der Waals surface area contributed by atoms with Crippen LogP contribution in [-0.2, 0) is 0 Å². The number of hydrogen-bond donors (Lipinski definition) is 0. The van der Waals surface area contributed by atoms with Crippen molar-refractivity contribution in [2.24, 2.45) is 0 Å². The van der Waals surface area contributed by atoms with Gasteiger partial charge in [0.1, 0.15) is 17.6 Å². The summed E-state index contributed by atoms with van der Waals surface area (Å²) < 4.78 is 6.73. The molecule has 2 aromatic carbocycles. The Bertz CT molecular complexity index is 629. The fourth-order valence-corrected chi connectivity index (χ4v) is 1.97. The summed E-state index contributed by atoms with van der Waals surface area (Å²) in [6.45, 7) is 4.04. The first-order valence-electron chi connectivity index (χ1n) is 5.55. The lowest BCUT2D eigenvalue weighted by Gasteiger charge is -2.11. The molecule has 2 rings (SSSR count). The Morgan fingerprint density at radius 1 is 1.11 bits per heavy atom. The van der Waals surface area contributed by atoms with Crippen LogP contribution < -0.4 is 4.74 Å². The van der Waals surface area contributed by atoms with E-state index in [1.54, 1.807) is 12.1 Å². The van der Waals surface area contributed by atoms with E-state index in [-0.39, 0.29) is 0 Å². The highest BCUT2D eigenvalue weighted by Crippen LogP contribution is 2.31. The van der Waals surface area contributed by atoms with Crippen LogP contribution in [0, 0.1) is 25.2 Å². The largest absolute Gasteiger partial charge is 0.456 e. The number of nitrogens with zero attached hydrogens (tertiary/aromatic N) is 1. The third-order valence-electron chi connectivity index (χ3n) is 2.84. The Morgan fingerprint density at radius 3 is 2.61 bits per heavy atom. The molecule has 0 atom stereocenters. The highest BCUT2D eigenvalue weighted by atomic mass is 79.9. The molecular formula is C15H12BrNO. The Balaban J connectivity index is 2.43. The zero-order chi connectivity index (χ0) is 13.1. The average Bonchev–Trinajstić information content (AvgIpc) is 2.35. The first-order valence-corrected chi connectivity index (χ1v) is 6.35. The molecule has 0 saturated carbocycles. The van der Waals surface area contributed by atoms with Gasteiger partial charge in [-0.15, -0.1) is 0 Å². The van der Waals surface area contributed by atoms with Crippen LogP contribution in [0.4, 0.5) is 0 Å². The van der Waals surface area contributed by atoms with Gasteiger partial charge in [-0.05, 0) is 49.2 Å². The molecule has 0 aliphatic heterocycles. The van der Waals surface area contributed by atoms with Crippen LogP contribution in [0.1, 0.15) is 16.7 Å². The van der Waals surface area contributed by atoms with Gasteiger partial charge in [-0.3, -0.25) is 0 Å². The summed E-state index contributed by atoms with van der Waals surface area (Å²) in [5.41, 5.74) is 2.78. The molecule has 0 N–H and O–H groups in total. The summed E-state index contributed by atoms with van der Waals surface area (Å²) in [6, 6.07) is 13.4. The average molecular weight is 302 g/mol. The van der Waals surface area contributed by atoms with Gasteiger partial charge >= 0.3 is 0 Å².